The Morgan fingerprint density at radius 3 is 2.48 bits per heavy atom. The molecule has 2 aromatic carbocycles. The van der Waals surface area contributed by atoms with Gasteiger partial charge in [-0.25, -0.2) is 4.98 Å². The second-order valence-corrected chi connectivity index (χ2v) is 13.5. The predicted molar refractivity (Wildman–Crippen MR) is 185 cm³/mol. The third kappa shape index (κ3) is 9.30. The summed E-state index contributed by atoms with van der Waals surface area (Å²) in [7, 11) is 0. The van der Waals surface area contributed by atoms with Crippen molar-refractivity contribution < 1.29 is 29.0 Å². The van der Waals surface area contributed by atoms with Gasteiger partial charge in [-0.1, -0.05) is 55.5 Å². The van der Waals surface area contributed by atoms with Crippen LogP contribution >= 0.6 is 11.3 Å². The first-order valence-electron chi connectivity index (χ1n) is 16.5. The Morgan fingerprint density at radius 2 is 1.74 bits per heavy atom. The molecule has 14 nitrogen and oxygen atoms in total. The van der Waals surface area contributed by atoms with Crippen LogP contribution in [0.5, 0.6) is 5.75 Å². The molecule has 1 aliphatic rings. The number of nitrogens with one attached hydrogen (secondary N) is 4. The van der Waals surface area contributed by atoms with Gasteiger partial charge >= 0.3 is 0 Å². The minimum atomic E-state index is -1.40. The molecule has 0 fully saturated rings. The average molecular weight is 703 g/mol. The van der Waals surface area contributed by atoms with Gasteiger partial charge in [-0.15, -0.1) is 16.4 Å². The van der Waals surface area contributed by atoms with Crippen LogP contribution in [0.2, 0.25) is 0 Å². The largest absolute Gasteiger partial charge is 0.493 e. The molecule has 2 aromatic heterocycles. The summed E-state index contributed by atoms with van der Waals surface area (Å²) in [5.74, 6) is -1.93. The van der Waals surface area contributed by atoms with Crippen LogP contribution in [0.3, 0.4) is 0 Å². The SMILES string of the molecule is Cc1ccc2c(c1)OCCCn1cc(nn1)CNC(=O)[C@@H](Cc1ccccc1)NC(=O)[C@H]([C@@H](C)O)NC(=O)c1csc(n1)[C@H](C(C)C)NC2=O. The number of rotatable bonds is 4. The second kappa shape index (κ2) is 16.5. The quantitative estimate of drug-likeness (QED) is 0.213. The minimum absolute atomic E-state index is 0.0174. The number of aliphatic hydroxyl groups is 1. The van der Waals surface area contributed by atoms with Crippen molar-refractivity contribution >= 4 is 35.0 Å². The Bertz CT molecular complexity index is 1810. The minimum Gasteiger partial charge on any atom is -0.493 e. The average Bonchev–Trinajstić information content (AvgIpc) is 3.76. The summed E-state index contributed by atoms with van der Waals surface area (Å²) >= 11 is 1.19. The Labute approximate surface area is 294 Å². The maximum atomic E-state index is 13.6. The Morgan fingerprint density at radius 1 is 0.980 bits per heavy atom. The molecule has 0 saturated heterocycles. The van der Waals surface area contributed by atoms with Crippen LogP contribution in [0.1, 0.15) is 75.9 Å². The summed E-state index contributed by atoms with van der Waals surface area (Å²) in [5, 5.41) is 32.0. The topological polar surface area (TPSA) is 189 Å². The number of aromatic nitrogens is 4. The summed E-state index contributed by atoms with van der Waals surface area (Å²) in [5.41, 5.74) is 2.61. The van der Waals surface area contributed by atoms with Gasteiger partial charge in [0.15, 0.2) is 0 Å². The molecule has 0 unspecified atom stereocenters. The number of ether oxygens (including phenoxy) is 1. The zero-order chi connectivity index (χ0) is 35.8. The number of fused-ring (bicyclic) bond motifs is 5. The van der Waals surface area contributed by atoms with E-state index >= 15 is 0 Å². The highest BCUT2D eigenvalue weighted by atomic mass is 32.1. The van der Waals surface area contributed by atoms with Gasteiger partial charge in [-0.3, -0.25) is 23.9 Å². The van der Waals surface area contributed by atoms with E-state index in [0.717, 1.165) is 11.1 Å². The van der Waals surface area contributed by atoms with E-state index in [1.54, 1.807) is 16.9 Å². The highest BCUT2D eigenvalue weighted by molar-refractivity contribution is 7.09. The summed E-state index contributed by atoms with van der Waals surface area (Å²) in [6, 6.07) is 11.6. The molecule has 50 heavy (non-hydrogen) atoms. The van der Waals surface area contributed by atoms with E-state index < -0.39 is 42.0 Å². The van der Waals surface area contributed by atoms with E-state index in [9.17, 15) is 24.3 Å². The van der Waals surface area contributed by atoms with Crippen LogP contribution in [-0.4, -0.2) is 73.5 Å². The number of benzene rings is 2. The fourth-order valence-electron chi connectivity index (χ4n) is 5.38. The van der Waals surface area contributed by atoms with Crippen molar-refractivity contribution in [2.75, 3.05) is 6.61 Å². The summed E-state index contributed by atoms with van der Waals surface area (Å²) in [4.78, 5) is 58.5. The lowest BCUT2D eigenvalue weighted by molar-refractivity contribution is -0.131. The van der Waals surface area contributed by atoms with Crippen LogP contribution < -0.4 is 26.0 Å². The van der Waals surface area contributed by atoms with E-state index in [-0.39, 0.29) is 30.5 Å². The highest BCUT2D eigenvalue weighted by Crippen LogP contribution is 2.28. The van der Waals surface area contributed by atoms with Crippen molar-refractivity contribution in [1.29, 1.82) is 0 Å². The van der Waals surface area contributed by atoms with Gasteiger partial charge in [0.1, 0.15) is 34.2 Å². The number of amides is 4. The summed E-state index contributed by atoms with van der Waals surface area (Å²) in [6.07, 6.45) is 1.13. The van der Waals surface area contributed by atoms with Gasteiger partial charge in [-0.2, -0.15) is 0 Å². The standard InChI is InChI=1S/C35H42N8O6S/c1-20(2)29-35-38-27(19-50-35)33(47)40-30(22(4)44)34(48)37-26(16-23-9-6-5-7-10-23)32(46)36-17-24-18-43(42-41-24)13-8-14-49-28-15-21(3)11-12-25(28)31(45)39-29/h5-7,9-12,15,18-20,22,26,29-30,44H,8,13-14,16-17H2,1-4H3,(H,36,46)(H,37,48)(H,39,45)(H,40,47)/t22-,26-,29+,30+/m1/s1. The van der Waals surface area contributed by atoms with Gasteiger partial charge in [0, 0.05) is 24.8 Å². The van der Waals surface area contributed by atoms with Gasteiger partial charge in [0.05, 0.1) is 37.1 Å². The number of aryl methyl sites for hydroxylation is 2. The Hall–Kier alpha value is -5.15. The number of hydrogen-bond acceptors (Lipinski definition) is 10. The van der Waals surface area contributed by atoms with E-state index in [1.807, 2.05) is 63.2 Å². The number of nitrogens with zero attached hydrogens (tertiary/aromatic N) is 4. The molecule has 3 heterocycles. The Kier molecular flexibility index (Phi) is 11.9. The molecule has 4 amide bonds. The lowest BCUT2D eigenvalue weighted by atomic mass is 10.0. The number of carbonyl (C=O) groups is 4. The third-order valence-electron chi connectivity index (χ3n) is 8.14. The Balaban J connectivity index is 1.44. The molecule has 5 rings (SSSR count). The van der Waals surface area contributed by atoms with Crippen molar-refractivity contribution in [2.45, 2.75) is 77.9 Å². The molecule has 5 N–H and O–H groups in total. The number of aliphatic hydroxyl groups excluding tert-OH is 1. The smallest absolute Gasteiger partial charge is 0.271 e. The molecule has 0 aliphatic carbocycles. The van der Waals surface area contributed by atoms with Gasteiger partial charge in [0.25, 0.3) is 11.8 Å². The zero-order valence-corrected chi connectivity index (χ0v) is 29.2. The lowest BCUT2D eigenvalue weighted by Gasteiger charge is -2.24. The van der Waals surface area contributed by atoms with Gasteiger partial charge < -0.3 is 31.1 Å². The van der Waals surface area contributed by atoms with E-state index in [1.165, 1.54) is 23.6 Å². The van der Waals surface area contributed by atoms with Gasteiger partial charge in [0.2, 0.25) is 11.8 Å². The van der Waals surface area contributed by atoms with E-state index in [2.05, 4.69) is 36.6 Å². The van der Waals surface area contributed by atoms with Crippen molar-refractivity contribution in [3.05, 3.63) is 93.2 Å². The molecule has 4 bridgehead atoms. The first-order valence-corrected chi connectivity index (χ1v) is 17.4. The molecule has 0 saturated carbocycles. The number of carbonyl (C=O) groups excluding carboxylic acids is 4. The molecule has 4 aromatic rings. The highest BCUT2D eigenvalue weighted by Gasteiger charge is 2.32. The third-order valence-corrected chi connectivity index (χ3v) is 9.07. The first-order chi connectivity index (χ1) is 24.0. The number of hydrogen-bond donors (Lipinski definition) is 5. The maximum Gasteiger partial charge on any atom is 0.271 e. The van der Waals surface area contributed by atoms with Gasteiger partial charge in [-0.05, 0) is 43.0 Å². The van der Waals surface area contributed by atoms with E-state index in [0.29, 0.717) is 41.6 Å². The lowest BCUT2D eigenvalue weighted by Crippen LogP contribution is -2.57. The molecular formula is C35H42N8O6S. The molecule has 264 valence electrons. The monoisotopic (exact) mass is 702 g/mol. The zero-order valence-electron chi connectivity index (χ0n) is 28.4. The van der Waals surface area contributed by atoms with Crippen LogP contribution in [0.15, 0.2) is 60.1 Å². The summed E-state index contributed by atoms with van der Waals surface area (Å²) < 4.78 is 7.72. The van der Waals surface area contributed by atoms with E-state index in [4.69, 9.17) is 4.74 Å². The normalized spacial score (nSPS) is 20.3. The fourth-order valence-corrected chi connectivity index (χ4v) is 6.40. The first kappa shape index (κ1) is 36.1. The predicted octanol–water partition coefficient (Wildman–Crippen LogP) is 2.48. The van der Waals surface area contributed by atoms with Crippen LogP contribution in [0.4, 0.5) is 0 Å². The van der Waals surface area contributed by atoms with Crippen molar-refractivity contribution in [3.63, 3.8) is 0 Å². The molecular weight excluding hydrogens is 661 g/mol. The molecule has 1 aliphatic heterocycles. The molecule has 15 heteroatoms. The fraction of sp³-hybridized carbons (Fsp3) is 0.400. The van der Waals surface area contributed by atoms with Crippen molar-refractivity contribution in [3.8, 4) is 5.75 Å². The second-order valence-electron chi connectivity index (χ2n) is 12.6. The molecule has 0 spiro atoms. The van der Waals surface area contributed by atoms with Crippen LogP contribution in [0.25, 0.3) is 0 Å². The summed E-state index contributed by atoms with van der Waals surface area (Å²) in [6.45, 7) is 7.99. The molecule has 4 atom stereocenters. The van der Waals surface area contributed by atoms with Crippen LogP contribution in [0, 0.1) is 12.8 Å². The number of thiazole rings is 1. The molecule has 0 radical (unpaired) electrons. The van der Waals surface area contributed by atoms with Crippen LogP contribution in [-0.2, 0) is 29.1 Å². The van der Waals surface area contributed by atoms with Crippen molar-refractivity contribution in [2.24, 2.45) is 5.92 Å². The maximum absolute atomic E-state index is 13.6. The van der Waals surface area contributed by atoms with Crippen molar-refractivity contribution in [1.82, 2.24) is 41.2 Å².